The second kappa shape index (κ2) is 11.3. The molecule has 1 atom stereocenters. The topological polar surface area (TPSA) is 62.9 Å². The number of nitrogens with zero attached hydrogens (tertiary/aromatic N) is 2. The van der Waals surface area contributed by atoms with Gasteiger partial charge in [-0.1, -0.05) is 36.4 Å². The number of fused-ring (bicyclic) bond motifs is 2. The fourth-order valence-corrected chi connectivity index (χ4v) is 6.35. The number of methoxy groups -OCH3 is 1. The Morgan fingerprint density at radius 3 is 2.55 bits per heavy atom. The van der Waals surface area contributed by atoms with Gasteiger partial charge in [-0.2, -0.15) is 0 Å². The number of Topliss-reactive ketones (excluding diaryl/α,β-unsaturated/α-hetero) is 1. The van der Waals surface area contributed by atoms with E-state index in [2.05, 4.69) is 35.2 Å². The molecule has 3 aromatic carbocycles. The van der Waals surface area contributed by atoms with Crippen LogP contribution in [0.4, 0.5) is 0 Å². The fraction of sp³-hybridized carbons (Fsp3) is 0.353. The number of ether oxygens (including phenoxy) is 2. The molecule has 1 fully saturated rings. The molecule has 1 N–H and O–H groups in total. The lowest BCUT2D eigenvalue weighted by Crippen LogP contribution is -2.34. The van der Waals surface area contributed by atoms with Crippen LogP contribution in [0.15, 0.2) is 72.9 Å². The summed E-state index contributed by atoms with van der Waals surface area (Å²) in [5.41, 5.74) is 5.10. The summed E-state index contributed by atoms with van der Waals surface area (Å²) >= 11 is 0. The SMILES string of the molecule is COc1cc2c(cc1OCc1ccc3c(O)cc[n+](C)c3c1)C(=O)C(CC1CCN(Cc3ccccc3)CC1)C2. The van der Waals surface area contributed by atoms with Crippen LogP contribution in [0.5, 0.6) is 17.2 Å². The van der Waals surface area contributed by atoms with E-state index in [9.17, 15) is 9.90 Å². The van der Waals surface area contributed by atoms with Crippen LogP contribution in [-0.2, 0) is 26.6 Å². The molecule has 2 heterocycles. The van der Waals surface area contributed by atoms with Crippen molar-refractivity contribution >= 4 is 16.7 Å². The van der Waals surface area contributed by atoms with Gasteiger partial charge in [-0.25, -0.2) is 4.57 Å². The van der Waals surface area contributed by atoms with E-state index in [1.165, 1.54) is 5.56 Å². The summed E-state index contributed by atoms with van der Waals surface area (Å²) in [7, 11) is 3.59. The van der Waals surface area contributed by atoms with Crippen molar-refractivity contribution in [2.24, 2.45) is 18.9 Å². The van der Waals surface area contributed by atoms with Crippen molar-refractivity contribution in [3.63, 3.8) is 0 Å². The smallest absolute Gasteiger partial charge is 0.216 e. The van der Waals surface area contributed by atoms with Crippen molar-refractivity contribution in [3.8, 4) is 17.2 Å². The monoisotopic (exact) mass is 537 g/mol. The summed E-state index contributed by atoms with van der Waals surface area (Å²) in [6.45, 7) is 3.52. The predicted octanol–water partition coefficient (Wildman–Crippen LogP) is 5.61. The third-order valence-electron chi connectivity index (χ3n) is 8.63. The lowest BCUT2D eigenvalue weighted by atomic mass is 9.85. The number of aromatic nitrogens is 1. The zero-order valence-corrected chi connectivity index (χ0v) is 23.3. The Balaban J connectivity index is 1.09. The molecule has 1 unspecified atom stereocenters. The Kier molecular flexibility index (Phi) is 7.44. The van der Waals surface area contributed by atoms with Gasteiger partial charge < -0.3 is 14.6 Å². The van der Waals surface area contributed by atoms with Crippen LogP contribution in [0.25, 0.3) is 10.9 Å². The van der Waals surface area contributed by atoms with Gasteiger partial charge in [-0.05, 0) is 79.6 Å². The molecular weight excluding hydrogens is 500 g/mol. The quantitative estimate of drug-likeness (QED) is 0.296. The van der Waals surface area contributed by atoms with Gasteiger partial charge in [0.1, 0.15) is 19.4 Å². The van der Waals surface area contributed by atoms with Gasteiger partial charge in [0.2, 0.25) is 5.52 Å². The molecule has 1 aromatic heterocycles. The molecule has 1 aliphatic carbocycles. The molecule has 2 aliphatic rings. The van der Waals surface area contributed by atoms with Crippen LogP contribution in [-0.4, -0.2) is 36.0 Å². The number of aryl methyl sites for hydroxylation is 1. The number of hydrogen-bond donors (Lipinski definition) is 1. The first-order chi connectivity index (χ1) is 19.5. The maximum absolute atomic E-state index is 13.5. The number of piperidine rings is 1. The van der Waals surface area contributed by atoms with Gasteiger partial charge in [0.25, 0.3) is 0 Å². The van der Waals surface area contributed by atoms with Crippen LogP contribution in [0.1, 0.15) is 46.3 Å². The number of benzene rings is 3. The third-order valence-corrected chi connectivity index (χ3v) is 8.63. The van der Waals surface area contributed by atoms with Crippen LogP contribution in [0.2, 0.25) is 0 Å². The highest BCUT2D eigenvalue weighted by Gasteiger charge is 2.34. The molecule has 40 heavy (non-hydrogen) atoms. The summed E-state index contributed by atoms with van der Waals surface area (Å²) in [6.07, 6.45) is 5.85. The number of carbonyl (C=O) groups excluding carboxylic acids is 1. The van der Waals surface area contributed by atoms with Crippen molar-refractivity contribution in [1.29, 1.82) is 0 Å². The highest BCUT2D eigenvalue weighted by atomic mass is 16.5. The van der Waals surface area contributed by atoms with Gasteiger partial charge in [-0.3, -0.25) is 9.69 Å². The lowest BCUT2D eigenvalue weighted by Gasteiger charge is -2.32. The van der Waals surface area contributed by atoms with Gasteiger partial charge in [-0.15, -0.1) is 0 Å². The first kappa shape index (κ1) is 26.3. The molecule has 0 radical (unpaired) electrons. The first-order valence-corrected chi connectivity index (χ1v) is 14.2. The molecular formula is C34H37N2O4+. The Bertz CT molecular complexity index is 1530. The van der Waals surface area contributed by atoms with Gasteiger partial charge in [0.05, 0.1) is 12.5 Å². The van der Waals surface area contributed by atoms with E-state index in [0.717, 1.165) is 72.9 Å². The van der Waals surface area contributed by atoms with Gasteiger partial charge in [0.15, 0.2) is 23.5 Å². The van der Waals surface area contributed by atoms with E-state index < -0.39 is 0 Å². The molecule has 6 heteroatoms. The van der Waals surface area contributed by atoms with Crippen LogP contribution in [0, 0.1) is 11.8 Å². The zero-order valence-electron chi connectivity index (χ0n) is 23.3. The number of rotatable bonds is 8. The second-order valence-corrected chi connectivity index (χ2v) is 11.3. The molecule has 1 aliphatic heterocycles. The Hall–Kier alpha value is -3.90. The fourth-order valence-electron chi connectivity index (χ4n) is 6.35. The highest BCUT2D eigenvalue weighted by Crippen LogP contribution is 2.40. The van der Waals surface area contributed by atoms with E-state index in [0.29, 0.717) is 24.0 Å². The minimum Gasteiger partial charge on any atom is -0.507 e. The minimum absolute atomic E-state index is 0.0359. The standard InChI is InChI=1S/C34H36N2O4/c1-35-13-12-31(37)28-9-8-25(17-30(28)35)22-40-33-20-29-26(19-32(33)39-2)18-27(34(29)38)16-23-10-14-36(15-11-23)21-24-6-4-3-5-7-24/h3-9,12-13,17,19-20,23,27H,10-11,14-16,18,21-22H2,1-2H3/p+1. The van der Waals surface area contributed by atoms with Gasteiger partial charge in [0, 0.05) is 30.2 Å². The molecule has 206 valence electrons. The molecule has 1 saturated heterocycles. The maximum Gasteiger partial charge on any atom is 0.216 e. The summed E-state index contributed by atoms with van der Waals surface area (Å²) in [6, 6.07) is 22.1. The lowest BCUT2D eigenvalue weighted by molar-refractivity contribution is -0.644. The highest BCUT2D eigenvalue weighted by molar-refractivity contribution is 6.03. The second-order valence-electron chi connectivity index (χ2n) is 11.3. The van der Waals surface area contributed by atoms with E-state index in [-0.39, 0.29) is 17.5 Å². The number of pyridine rings is 1. The zero-order chi connectivity index (χ0) is 27.6. The number of carbonyl (C=O) groups is 1. The molecule has 0 amide bonds. The van der Waals surface area contributed by atoms with Crippen molar-refractivity contribution in [2.45, 2.75) is 38.8 Å². The van der Waals surface area contributed by atoms with Crippen LogP contribution < -0.4 is 14.0 Å². The summed E-state index contributed by atoms with van der Waals surface area (Å²) < 4.78 is 13.8. The molecule has 0 spiro atoms. The average molecular weight is 538 g/mol. The minimum atomic E-state index is 0.0359. The number of hydrogen-bond acceptors (Lipinski definition) is 5. The summed E-state index contributed by atoms with van der Waals surface area (Å²) in [5, 5.41) is 11.0. The van der Waals surface area contributed by atoms with Gasteiger partial charge >= 0.3 is 0 Å². The normalized spacial score (nSPS) is 17.8. The summed E-state index contributed by atoms with van der Waals surface area (Å²) in [5.74, 6) is 2.36. The predicted molar refractivity (Wildman–Crippen MR) is 155 cm³/mol. The van der Waals surface area contributed by atoms with Crippen molar-refractivity contribution in [2.75, 3.05) is 20.2 Å². The van der Waals surface area contributed by atoms with Crippen molar-refractivity contribution in [1.82, 2.24) is 4.90 Å². The number of ketones is 1. The van der Waals surface area contributed by atoms with E-state index in [1.807, 2.05) is 48.1 Å². The maximum atomic E-state index is 13.5. The number of likely N-dealkylation sites (tertiary alicyclic amines) is 1. The molecule has 0 saturated carbocycles. The molecule has 6 nitrogen and oxygen atoms in total. The van der Waals surface area contributed by atoms with Crippen LogP contribution >= 0.6 is 0 Å². The van der Waals surface area contributed by atoms with Crippen molar-refractivity contribution < 1.29 is 23.9 Å². The van der Waals surface area contributed by atoms with E-state index in [4.69, 9.17) is 9.47 Å². The third kappa shape index (κ3) is 5.41. The molecule has 6 rings (SSSR count). The largest absolute Gasteiger partial charge is 0.507 e. The molecule has 4 aromatic rings. The number of aromatic hydroxyl groups is 1. The Labute approximate surface area is 235 Å². The van der Waals surface area contributed by atoms with E-state index >= 15 is 0 Å². The van der Waals surface area contributed by atoms with Crippen LogP contribution in [0.3, 0.4) is 0 Å². The van der Waals surface area contributed by atoms with E-state index in [1.54, 1.807) is 13.2 Å². The summed E-state index contributed by atoms with van der Waals surface area (Å²) in [4.78, 5) is 16.0. The Morgan fingerprint density at radius 1 is 0.975 bits per heavy atom. The first-order valence-electron chi connectivity index (χ1n) is 14.2. The Morgan fingerprint density at radius 2 is 1.77 bits per heavy atom. The molecule has 0 bridgehead atoms. The average Bonchev–Trinajstić information content (AvgIpc) is 3.28. The van der Waals surface area contributed by atoms with Crippen molar-refractivity contribution in [3.05, 3.63) is 95.2 Å².